The van der Waals surface area contributed by atoms with Crippen LogP contribution in [0.15, 0.2) is 109 Å². The number of rotatable bonds is 14. The van der Waals surface area contributed by atoms with Gasteiger partial charge in [0.25, 0.3) is 0 Å². The lowest BCUT2D eigenvalue weighted by atomic mass is 9.89. The Morgan fingerprint density at radius 3 is 2.12 bits per heavy atom. The van der Waals surface area contributed by atoms with Gasteiger partial charge in [0, 0.05) is 35.3 Å². The van der Waals surface area contributed by atoms with E-state index in [2.05, 4.69) is 41.0 Å². The number of para-hydroxylation sites is 1. The summed E-state index contributed by atoms with van der Waals surface area (Å²) in [7, 11) is 0. The maximum absolute atomic E-state index is 13.1. The normalized spacial score (nSPS) is 14.7. The van der Waals surface area contributed by atoms with E-state index in [1.165, 1.54) is 31.2 Å². The van der Waals surface area contributed by atoms with E-state index in [1.807, 2.05) is 42.5 Å². The summed E-state index contributed by atoms with van der Waals surface area (Å²) in [5, 5.41) is 16.8. The van der Waals surface area contributed by atoms with Crippen LogP contribution in [0.4, 0.5) is 5.69 Å². The minimum absolute atomic E-state index is 0.137. The van der Waals surface area contributed by atoms with E-state index >= 15 is 0 Å². The number of aliphatic carboxylic acids is 1. The van der Waals surface area contributed by atoms with Gasteiger partial charge in [-0.05, 0) is 54.7 Å². The van der Waals surface area contributed by atoms with Gasteiger partial charge in [0.05, 0.1) is 0 Å². The van der Waals surface area contributed by atoms with E-state index < -0.39 is 12.0 Å². The minimum atomic E-state index is -0.986. The molecule has 6 nitrogen and oxygen atoms in total. The zero-order valence-corrected chi connectivity index (χ0v) is 23.8. The highest BCUT2D eigenvalue weighted by atomic mass is 16.5. The summed E-state index contributed by atoms with van der Waals surface area (Å²) >= 11 is 0. The van der Waals surface area contributed by atoms with Gasteiger partial charge in [-0.1, -0.05) is 97.8 Å². The third-order valence-electron chi connectivity index (χ3n) is 8.02. The summed E-state index contributed by atoms with van der Waals surface area (Å²) in [5.41, 5.74) is 3.86. The van der Waals surface area contributed by atoms with Crippen LogP contribution >= 0.6 is 0 Å². The third kappa shape index (κ3) is 7.65. The predicted octanol–water partition coefficient (Wildman–Crippen LogP) is 6.55. The largest absolute Gasteiger partial charge is 0.492 e. The Labute approximate surface area is 247 Å². The van der Waals surface area contributed by atoms with Crippen molar-refractivity contribution in [3.05, 3.63) is 131 Å². The lowest BCUT2D eigenvalue weighted by molar-refractivity contribution is -0.137. The Balaban J connectivity index is 1.15. The molecule has 0 bridgehead atoms. The minimum Gasteiger partial charge on any atom is -0.492 e. The Morgan fingerprint density at radius 1 is 0.786 bits per heavy atom. The molecule has 0 heterocycles. The number of hydrogen-bond donors (Lipinski definition) is 3. The van der Waals surface area contributed by atoms with Crippen molar-refractivity contribution in [2.75, 3.05) is 18.5 Å². The third-order valence-corrected chi connectivity index (χ3v) is 8.02. The van der Waals surface area contributed by atoms with E-state index in [9.17, 15) is 14.7 Å². The number of ketones is 1. The molecule has 1 atom stereocenters. The van der Waals surface area contributed by atoms with Crippen LogP contribution in [0.3, 0.4) is 0 Å². The monoisotopic (exact) mass is 562 g/mol. The lowest BCUT2D eigenvalue weighted by Gasteiger charge is -2.31. The molecule has 216 valence electrons. The molecule has 1 fully saturated rings. The number of hydrogen-bond acceptors (Lipinski definition) is 5. The second kappa shape index (κ2) is 14.0. The molecule has 0 radical (unpaired) electrons. The first-order chi connectivity index (χ1) is 20.5. The van der Waals surface area contributed by atoms with Gasteiger partial charge in [-0.3, -0.25) is 4.79 Å². The van der Waals surface area contributed by atoms with E-state index in [-0.39, 0.29) is 17.7 Å². The molecular formula is C36H38N2O4. The fraction of sp³-hybridized carbons (Fsp3) is 0.278. The zero-order chi connectivity index (χ0) is 29.2. The fourth-order valence-corrected chi connectivity index (χ4v) is 5.84. The number of ether oxygens (including phenoxy) is 1. The van der Waals surface area contributed by atoms with Crippen LogP contribution < -0.4 is 15.4 Å². The van der Waals surface area contributed by atoms with Gasteiger partial charge in [-0.15, -0.1) is 0 Å². The lowest BCUT2D eigenvalue weighted by Crippen LogP contribution is -2.46. The molecule has 0 spiro atoms. The molecule has 0 aliphatic heterocycles. The van der Waals surface area contributed by atoms with Crippen LogP contribution in [-0.2, 0) is 17.6 Å². The topological polar surface area (TPSA) is 87.7 Å². The molecule has 1 unspecified atom stereocenters. The second-order valence-corrected chi connectivity index (χ2v) is 11.0. The van der Waals surface area contributed by atoms with E-state index in [4.69, 9.17) is 4.74 Å². The number of carbonyl (C=O) groups excluding carboxylic acids is 1. The predicted molar refractivity (Wildman–Crippen MR) is 166 cm³/mol. The Bertz CT molecular complexity index is 1450. The maximum Gasteiger partial charge on any atom is 0.326 e. The number of benzene rings is 4. The molecule has 4 aromatic rings. The van der Waals surface area contributed by atoms with Crippen molar-refractivity contribution in [1.29, 1.82) is 0 Å². The first-order valence-electron chi connectivity index (χ1n) is 14.7. The molecule has 3 N–H and O–H groups in total. The van der Waals surface area contributed by atoms with Gasteiger partial charge in [0.15, 0.2) is 5.78 Å². The zero-order valence-electron chi connectivity index (χ0n) is 23.8. The van der Waals surface area contributed by atoms with Crippen LogP contribution in [-0.4, -0.2) is 41.6 Å². The maximum atomic E-state index is 13.1. The van der Waals surface area contributed by atoms with Gasteiger partial charge in [-0.25, -0.2) is 4.79 Å². The number of nitrogens with one attached hydrogen (secondary N) is 2. The van der Waals surface area contributed by atoms with Crippen LogP contribution in [0.2, 0.25) is 0 Å². The number of carboxylic acid groups (broad SMARTS) is 1. The molecule has 0 aromatic heterocycles. The Hall–Kier alpha value is -4.42. The number of anilines is 1. The molecule has 5 rings (SSSR count). The smallest absolute Gasteiger partial charge is 0.326 e. The molecule has 6 heteroatoms. The van der Waals surface area contributed by atoms with Gasteiger partial charge in [0.1, 0.15) is 18.4 Å². The molecular weight excluding hydrogens is 524 g/mol. The molecule has 0 amide bonds. The van der Waals surface area contributed by atoms with Crippen LogP contribution in [0.25, 0.3) is 0 Å². The van der Waals surface area contributed by atoms with E-state index in [0.29, 0.717) is 23.4 Å². The average molecular weight is 563 g/mol. The molecule has 1 saturated carbocycles. The highest BCUT2D eigenvalue weighted by Gasteiger charge is 2.33. The Kier molecular flexibility index (Phi) is 9.67. The molecule has 1 aliphatic rings. The fourth-order valence-electron chi connectivity index (χ4n) is 5.84. The molecule has 42 heavy (non-hydrogen) atoms. The van der Waals surface area contributed by atoms with Gasteiger partial charge >= 0.3 is 5.97 Å². The van der Waals surface area contributed by atoms with Crippen molar-refractivity contribution in [3.8, 4) is 5.75 Å². The quantitative estimate of drug-likeness (QED) is 0.119. The van der Waals surface area contributed by atoms with Gasteiger partial charge in [-0.2, -0.15) is 0 Å². The summed E-state index contributed by atoms with van der Waals surface area (Å²) in [5.74, 6) is -0.389. The summed E-state index contributed by atoms with van der Waals surface area (Å²) < 4.78 is 6.02. The van der Waals surface area contributed by atoms with Crippen molar-refractivity contribution < 1.29 is 19.4 Å². The molecule has 4 aromatic carbocycles. The van der Waals surface area contributed by atoms with Crippen molar-refractivity contribution in [1.82, 2.24) is 5.32 Å². The van der Waals surface area contributed by atoms with Crippen molar-refractivity contribution in [3.63, 3.8) is 0 Å². The van der Waals surface area contributed by atoms with Gasteiger partial charge in [0.2, 0.25) is 0 Å². The second-order valence-electron chi connectivity index (χ2n) is 11.0. The van der Waals surface area contributed by atoms with E-state index in [0.717, 1.165) is 24.3 Å². The van der Waals surface area contributed by atoms with Crippen molar-refractivity contribution >= 4 is 17.4 Å². The summed E-state index contributed by atoms with van der Waals surface area (Å²) in [6.07, 6.45) is 6.16. The number of carboxylic acids is 1. The van der Waals surface area contributed by atoms with Crippen LogP contribution in [0, 0.1) is 0 Å². The average Bonchev–Trinajstić information content (AvgIpc) is 3.48. The summed E-state index contributed by atoms with van der Waals surface area (Å²) in [4.78, 5) is 25.3. The van der Waals surface area contributed by atoms with Crippen molar-refractivity contribution in [2.24, 2.45) is 0 Å². The van der Waals surface area contributed by atoms with Crippen LogP contribution in [0.1, 0.15) is 52.7 Å². The first kappa shape index (κ1) is 29.1. The van der Waals surface area contributed by atoms with Crippen molar-refractivity contribution in [2.45, 2.75) is 50.1 Å². The van der Waals surface area contributed by atoms with Crippen LogP contribution in [0.5, 0.6) is 5.75 Å². The van der Waals surface area contributed by atoms with Gasteiger partial charge < -0.3 is 20.5 Å². The standard InChI is InChI=1S/C36H38N2O4/c39-34(29-13-5-2-6-14-29)31-15-7-8-16-32(31)38-33(35(40)41)25-27-17-19-30(20-18-27)42-24-23-37-36(21-9-10-22-36)26-28-11-3-1-4-12-28/h1-8,11-20,33,37-38H,9-10,21-26H2,(H,40,41). The number of carbonyl (C=O) groups is 2. The molecule has 1 aliphatic carbocycles. The highest BCUT2D eigenvalue weighted by Crippen LogP contribution is 2.32. The Morgan fingerprint density at radius 2 is 1.43 bits per heavy atom. The molecule has 0 saturated heterocycles. The van der Waals surface area contributed by atoms with E-state index in [1.54, 1.807) is 36.4 Å². The SMILES string of the molecule is O=C(c1ccccc1)c1ccccc1NC(Cc1ccc(OCCNC2(Cc3ccccc3)CCCC2)cc1)C(=O)O. The summed E-state index contributed by atoms with van der Waals surface area (Å²) in [6, 6.07) is 33.3. The summed E-state index contributed by atoms with van der Waals surface area (Å²) in [6.45, 7) is 1.32. The highest BCUT2D eigenvalue weighted by molar-refractivity contribution is 6.12. The first-order valence-corrected chi connectivity index (χ1v) is 14.7.